The number of benzene rings is 2. The van der Waals surface area contributed by atoms with Crippen molar-refractivity contribution in [2.75, 3.05) is 25.5 Å². The highest BCUT2D eigenvalue weighted by molar-refractivity contribution is 5.94. The molecule has 134 valence electrons. The summed E-state index contributed by atoms with van der Waals surface area (Å²) in [7, 11) is 1.80. The topological polar surface area (TPSA) is 41.6 Å². The van der Waals surface area contributed by atoms with Gasteiger partial charge in [0.25, 0.3) is 0 Å². The third kappa shape index (κ3) is 5.26. The Balaban J connectivity index is 1.84. The van der Waals surface area contributed by atoms with Crippen LogP contribution in [0.5, 0.6) is 5.75 Å². The summed E-state index contributed by atoms with van der Waals surface area (Å²) in [5.41, 5.74) is 1.27. The number of hydrogen-bond donors (Lipinski definition) is 1. The summed E-state index contributed by atoms with van der Waals surface area (Å²) in [5, 5.41) is 2.58. The van der Waals surface area contributed by atoms with Crippen molar-refractivity contribution >= 4 is 11.6 Å². The predicted molar refractivity (Wildman–Crippen MR) is 93.8 cm³/mol. The van der Waals surface area contributed by atoms with Gasteiger partial charge in [0, 0.05) is 18.3 Å². The highest BCUT2D eigenvalue weighted by Crippen LogP contribution is 2.16. The minimum atomic E-state index is -0.995. The number of ether oxygens (including phenoxy) is 1. The number of aryl methyl sites for hydroxylation is 1. The zero-order valence-corrected chi connectivity index (χ0v) is 14.6. The van der Waals surface area contributed by atoms with Crippen molar-refractivity contribution in [1.29, 1.82) is 0 Å². The van der Waals surface area contributed by atoms with Gasteiger partial charge in [0.15, 0.2) is 11.6 Å². The third-order valence-corrected chi connectivity index (χ3v) is 4.02. The maximum atomic E-state index is 13.2. The Morgan fingerprint density at radius 1 is 1.20 bits per heavy atom. The fourth-order valence-electron chi connectivity index (χ4n) is 2.23. The Bertz CT molecular complexity index is 737. The van der Waals surface area contributed by atoms with Gasteiger partial charge in [-0.1, -0.05) is 18.2 Å². The molecule has 0 aliphatic heterocycles. The van der Waals surface area contributed by atoms with Gasteiger partial charge in [-0.3, -0.25) is 9.69 Å². The van der Waals surface area contributed by atoms with Gasteiger partial charge < -0.3 is 10.1 Å². The number of nitrogens with zero attached hydrogens (tertiary/aromatic N) is 1. The second kappa shape index (κ2) is 8.58. The molecular weight excluding hydrogens is 326 g/mol. The zero-order valence-electron chi connectivity index (χ0n) is 14.6. The van der Waals surface area contributed by atoms with Crippen molar-refractivity contribution in [3.63, 3.8) is 0 Å². The van der Waals surface area contributed by atoms with Crippen LogP contribution >= 0.6 is 0 Å². The van der Waals surface area contributed by atoms with Crippen LogP contribution < -0.4 is 10.1 Å². The van der Waals surface area contributed by atoms with Crippen molar-refractivity contribution in [2.45, 2.75) is 19.9 Å². The standard InChI is InChI=1S/C19H22F2N2O2/c1-13-6-4-5-7-18(13)25-11-10-23(3)14(2)19(24)22-15-8-9-16(20)17(21)12-15/h4-9,12,14H,10-11H2,1-3H3,(H,22,24). The van der Waals surface area contributed by atoms with E-state index in [4.69, 9.17) is 4.74 Å². The quantitative estimate of drug-likeness (QED) is 0.831. The van der Waals surface area contributed by atoms with E-state index in [1.165, 1.54) is 6.07 Å². The Morgan fingerprint density at radius 2 is 1.92 bits per heavy atom. The first-order chi connectivity index (χ1) is 11.9. The van der Waals surface area contributed by atoms with Crippen LogP contribution in [0.2, 0.25) is 0 Å². The van der Waals surface area contributed by atoms with E-state index < -0.39 is 17.7 Å². The van der Waals surface area contributed by atoms with E-state index in [0.29, 0.717) is 13.2 Å². The van der Waals surface area contributed by atoms with Gasteiger partial charge in [-0.05, 0) is 44.7 Å². The molecule has 0 radical (unpaired) electrons. The second-order valence-electron chi connectivity index (χ2n) is 5.89. The Labute approximate surface area is 146 Å². The molecule has 1 atom stereocenters. The van der Waals surface area contributed by atoms with Crippen molar-refractivity contribution in [3.8, 4) is 5.75 Å². The Morgan fingerprint density at radius 3 is 2.60 bits per heavy atom. The number of halogens is 2. The molecule has 0 bridgehead atoms. The van der Waals surface area contributed by atoms with Crippen LogP contribution in [0.3, 0.4) is 0 Å². The molecular formula is C19H22F2N2O2. The van der Waals surface area contributed by atoms with E-state index in [9.17, 15) is 13.6 Å². The predicted octanol–water partition coefficient (Wildman–Crippen LogP) is 3.61. The van der Waals surface area contributed by atoms with Crippen LogP contribution in [-0.2, 0) is 4.79 Å². The average Bonchev–Trinajstić information content (AvgIpc) is 2.59. The van der Waals surface area contributed by atoms with E-state index in [1.807, 2.05) is 36.1 Å². The first-order valence-corrected chi connectivity index (χ1v) is 8.03. The molecule has 1 unspecified atom stereocenters. The maximum Gasteiger partial charge on any atom is 0.241 e. The molecule has 0 spiro atoms. The summed E-state index contributed by atoms with van der Waals surface area (Å²) < 4.78 is 31.8. The molecule has 25 heavy (non-hydrogen) atoms. The molecule has 2 aromatic rings. The minimum Gasteiger partial charge on any atom is -0.492 e. The number of carbonyl (C=O) groups excluding carboxylic acids is 1. The van der Waals surface area contributed by atoms with Crippen molar-refractivity contribution < 1.29 is 18.3 Å². The molecule has 0 saturated carbocycles. The van der Waals surface area contributed by atoms with E-state index in [0.717, 1.165) is 23.4 Å². The van der Waals surface area contributed by atoms with Crippen LogP contribution in [0.15, 0.2) is 42.5 Å². The summed E-state index contributed by atoms with van der Waals surface area (Å²) in [5.74, 6) is -1.43. The molecule has 0 fully saturated rings. The van der Waals surface area contributed by atoms with Gasteiger partial charge in [0.2, 0.25) is 5.91 Å². The van der Waals surface area contributed by atoms with E-state index in [2.05, 4.69) is 5.32 Å². The monoisotopic (exact) mass is 348 g/mol. The normalized spacial score (nSPS) is 12.1. The van der Waals surface area contributed by atoms with Crippen LogP contribution in [-0.4, -0.2) is 37.0 Å². The first-order valence-electron chi connectivity index (χ1n) is 8.03. The molecule has 1 amide bonds. The lowest BCUT2D eigenvalue weighted by molar-refractivity contribution is -0.120. The van der Waals surface area contributed by atoms with Crippen LogP contribution in [0, 0.1) is 18.6 Å². The van der Waals surface area contributed by atoms with E-state index >= 15 is 0 Å². The lowest BCUT2D eigenvalue weighted by atomic mass is 10.2. The molecule has 0 aliphatic carbocycles. The fraction of sp³-hybridized carbons (Fsp3) is 0.316. The second-order valence-corrected chi connectivity index (χ2v) is 5.89. The number of hydrogen-bond acceptors (Lipinski definition) is 3. The summed E-state index contributed by atoms with van der Waals surface area (Å²) in [6, 6.07) is 10.5. The number of likely N-dealkylation sites (N-methyl/N-ethyl adjacent to an activating group) is 1. The number of nitrogens with one attached hydrogen (secondary N) is 1. The Kier molecular flexibility index (Phi) is 6.47. The first kappa shape index (κ1) is 18.9. The third-order valence-electron chi connectivity index (χ3n) is 4.02. The number of carbonyl (C=O) groups is 1. The molecule has 0 aromatic heterocycles. The molecule has 0 heterocycles. The largest absolute Gasteiger partial charge is 0.492 e. The average molecular weight is 348 g/mol. The lowest BCUT2D eigenvalue weighted by Crippen LogP contribution is -2.41. The Hall–Kier alpha value is -2.47. The van der Waals surface area contributed by atoms with Gasteiger partial charge >= 0.3 is 0 Å². The van der Waals surface area contributed by atoms with Gasteiger partial charge in [-0.15, -0.1) is 0 Å². The maximum absolute atomic E-state index is 13.2. The molecule has 2 aromatic carbocycles. The van der Waals surface area contributed by atoms with Crippen LogP contribution in [0.1, 0.15) is 12.5 Å². The summed E-state index contributed by atoms with van der Waals surface area (Å²) in [6.45, 7) is 4.69. The molecule has 0 aliphatic rings. The molecule has 2 rings (SSSR count). The molecule has 4 nitrogen and oxygen atoms in total. The molecule has 0 saturated heterocycles. The van der Waals surface area contributed by atoms with Crippen LogP contribution in [0.4, 0.5) is 14.5 Å². The smallest absolute Gasteiger partial charge is 0.241 e. The summed E-state index contributed by atoms with van der Waals surface area (Å²) in [6.07, 6.45) is 0. The number of para-hydroxylation sites is 1. The SMILES string of the molecule is Cc1ccccc1OCCN(C)C(C)C(=O)Nc1ccc(F)c(F)c1. The van der Waals surface area contributed by atoms with Gasteiger partial charge in [-0.2, -0.15) is 0 Å². The number of amides is 1. The number of anilines is 1. The minimum absolute atomic E-state index is 0.223. The van der Waals surface area contributed by atoms with Crippen molar-refractivity contribution in [1.82, 2.24) is 4.90 Å². The highest BCUT2D eigenvalue weighted by atomic mass is 19.2. The van der Waals surface area contributed by atoms with Gasteiger partial charge in [0.1, 0.15) is 12.4 Å². The summed E-state index contributed by atoms with van der Waals surface area (Å²) >= 11 is 0. The summed E-state index contributed by atoms with van der Waals surface area (Å²) in [4.78, 5) is 14.1. The molecule has 1 N–H and O–H groups in total. The van der Waals surface area contributed by atoms with Crippen molar-refractivity contribution in [3.05, 3.63) is 59.7 Å². The van der Waals surface area contributed by atoms with E-state index in [-0.39, 0.29) is 11.6 Å². The molecule has 6 heteroatoms. The van der Waals surface area contributed by atoms with E-state index in [1.54, 1.807) is 14.0 Å². The van der Waals surface area contributed by atoms with Gasteiger partial charge in [-0.25, -0.2) is 8.78 Å². The van der Waals surface area contributed by atoms with Crippen LogP contribution in [0.25, 0.3) is 0 Å². The van der Waals surface area contributed by atoms with Crippen molar-refractivity contribution in [2.24, 2.45) is 0 Å². The zero-order chi connectivity index (χ0) is 18.4. The lowest BCUT2D eigenvalue weighted by Gasteiger charge is -2.24. The highest BCUT2D eigenvalue weighted by Gasteiger charge is 2.18. The fourth-order valence-corrected chi connectivity index (χ4v) is 2.23. The number of rotatable bonds is 7. The van der Waals surface area contributed by atoms with Gasteiger partial charge in [0.05, 0.1) is 6.04 Å².